The Labute approximate surface area is 93.6 Å². The Hall–Kier alpha value is -1.42. The van der Waals surface area contributed by atoms with Gasteiger partial charge in [0, 0.05) is 11.8 Å². The molecule has 78 valence electrons. The third kappa shape index (κ3) is 3.32. The van der Waals surface area contributed by atoms with Gasteiger partial charge in [-0.1, -0.05) is 41.6 Å². The van der Waals surface area contributed by atoms with Gasteiger partial charge in [0.15, 0.2) is 5.17 Å². The zero-order valence-electron chi connectivity index (χ0n) is 8.74. The predicted molar refractivity (Wildman–Crippen MR) is 67.7 cm³/mol. The van der Waals surface area contributed by atoms with Gasteiger partial charge in [0.1, 0.15) is 0 Å². The highest BCUT2D eigenvalue weighted by Crippen LogP contribution is 2.06. The van der Waals surface area contributed by atoms with Crippen LogP contribution < -0.4 is 0 Å². The van der Waals surface area contributed by atoms with Crippen molar-refractivity contribution in [1.29, 1.82) is 10.8 Å². The Morgan fingerprint density at radius 3 is 2.40 bits per heavy atom. The van der Waals surface area contributed by atoms with Crippen molar-refractivity contribution in [1.82, 2.24) is 0 Å². The number of nitrogens with zero attached hydrogens (tertiary/aromatic N) is 1. The second-order valence-electron chi connectivity index (χ2n) is 3.02. The lowest BCUT2D eigenvalue weighted by molar-refractivity contribution is 1.45. The van der Waals surface area contributed by atoms with Gasteiger partial charge >= 0.3 is 0 Å². The highest BCUT2D eigenvalue weighted by Gasteiger charge is 2.01. The van der Waals surface area contributed by atoms with Gasteiger partial charge in [-0.25, -0.2) is 4.99 Å². The fourth-order valence-electron chi connectivity index (χ4n) is 1.06. The summed E-state index contributed by atoms with van der Waals surface area (Å²) in [7, 11) is 0. The van der Waals surface area contributed by atoms with Gasteiger partial charge in [-0.2, -0.15) is 0 Å². The quantitative estimate of drug-likeness (QED) is 0.583. The number of aryl methyl sites for hydroxylation is 1. The Morgan fingerprint density at radius 2 is 1.93 bits per heavy atom. The number of amidine groups is 1. The maximum Gasteiger partial charge on any atom is 0.180 e. The number of hydrogen-bond acceptors (Lipinski definition) is 3. The van der Waals surface area contributed by atoms with E-state index >= 15 is 0 Å². The van der Waals surface area contributed by atoms with Crippen molar-refractivity contribution >= 4 is 28.9 Å². The fourth-order valence-corrected chi connectivity index (χ4v) is 1.25. The van der Waals surface area contributed by atoms with Gasteiger partial charge in [-0.15, -0.1) is 0 Å². The van der Waals surface area contributed by atoms with E-state index in [2.05, 4.69) is 4.99 Å². The monoisotopic (exact) mass is 219 g/mol. The summed E-state index contributed by atoms with van der Waals surface area (Å²) in [6.45, 7) is 2.01. The Morgan fingerprint density at radius 1 is 1.33 bits per heavy atom. The molecule has 0 bridgehead atoms. The summed E-state index contributed by atoms with van der Waals surface area (Å²) >= 11 is 1.26. The molecule has 0 saturated carbocycles. The summed E-state index contributed by atoms with van der Waals surface area (Å²) in [5, 5.41) is 14.9. The third-order valence-corrected chi connectivity index (χ3v) is 2.38. The Balaban J connectivity index is 3.02. The smallest absolute Gasteiger partial charge is 0.180 e. The number of hydrogen-bond donors (Lipinski definition) is 2. The molecule has 0 radical (unpaired) electrons. The molecule has 4 heteroatoms. The number of benzene rings is 1. The van der Waals surface area contributed by atoms with Crippen molar-refractivity contribution in [2.75, 3.05) is 6.26 Å². The third-order valence-electron chi connectivity index (χ3n) is 1.90. The minimum atomic E-state index is 0.217. The summed E-state index contributed by atoms with van der Waals surface area (Å²) < 4.78 is 0. The average Bonchev–Trinajstić information content (AvgIpc) is 2.27. The van der Waals surface area contributed by atoms with Crippen molar-refractivity contribution < 1.29 is 0 Å². The van der Waals surface area contributed by atoms with E-state index in [0.717, 1.165) is 5.56 Å². The van der Waals surface area contributed by atoms with Crippen LogP contribution >= 0.6 is 11.8 Å². The van der Waals surface area contributed by atoms with E-state index in [0.29, 0.717) is 5.71 Å². The molecule has 0 aliphatic heterocycles. The Bertz CT molecular complexity index is 393. The molecule has 0 atom stereocenters. The van der Waals surface area contributed by atoms with Gasteiger partial charge in [0.2, 0.25) is 0 Å². The molecular weight excluding hydrogens is 206 g/mol. The van der Waals surface area contributed by atoms with E-state index in [4.69, 9.17) is 10.8 Å². The van der Waals surface area contributed by atoms with Crippen LogP contribution in [0.4, 0.5) is 0 Å². The molecule has 0 aliphatic carbocycles. The summed E-state index contributed by atoms with van der Waals surface area (Å²) in [5.74, 6) is 0. The molecule has 15 heavy (non-hydrogen) atoms. The number of aliphatic imine (C=N–C) groups is 1. The van der Waals surface area contributed by atoms with Crippen molar-refractivity contribution in [2.45, 2.75) is 6.92 Å². The molecule has 1 rings (SSSR count). The van der Waals surface area contributed by atoms with Crippen LogP contribution in [-0.4, -0.2) is 23.3 Å². The summed E-state index contributed by atoms with van der Waals surface area (Å²) in [6, 6.07) is 7.76. The van der Waals surface area contributed by atoms with E-state index in [1.54, 1.807) is 6.26 Å². The molecule has 0 heterocycles. The topological polar surface area (TPSA) is 60.1 Å². The number of nitrogens with one attached hydrogen (secondary N) is 2. The average molecular weight is 219 g/mol. The molecule has 0 spiro atoms. The SMILES string of the molecule is CSC(=N)N=C(C=N)c1ccc(C)cc1. The lowest BCUT2D eigenvalue weighted by Gasteiger charge is -2.01. The maximum absolute atomic E-state index is 7.43. The van der Waals surface area contributed by atoms with Crippen LogP contribution in [0.1, 0.15) is 11.1 Å². The van der Waals surface area contributed by atoms with Gasteiger partial charge in [-0.05, 0) is 13.2 Å². The standard InChI is InChI=1S/C11H13N3S/c1-8-3-5-9(6-4-8)10(7-12)14-11(13)15-2/h3-7,12-13H,1-2H3. The van der Waals surface area contributed by atoms with Crippen molar-refractivity contribution in [2.24, 2.45) is 4.99 Å². The molecule has 0 saturated heterocycles. The van der Waals surface area contributed by atoms with Crippen molar-refractivity contribution in [3.8, 4) is 0 Å². The highest BCUT2D eigenvalue weighted by atomic mass is 32.2. The number of rotatable bonds is 2. The van der Waals surface area contributed by atoms with Crippen LogP contribution in [0.25, 0.3) is 0 Å². The van der Waals surface area contributed by atoms with Gasteiger partial charge in [-0.3, -0.25) is 5.41 Å². The minimum absolute atomic E-state index is 0.217. The first-order valence-corrected chi connectivity index (χ1v) is 5.68. The molecule has 0 unspecified atom stereocenters. The summed E-state index contributed by atoms with van der Waals surface area (Å²) in [5.41, 5.74) is 2.56. The van der Waals surface area contributed by atoms with E-state index in [9.17, 15) is 0 Å². The van der Waals surface area contributed by atoms with E-state index in [1.165, 1.54) is 23.5 Å². The van der Waals surface area contributed by atoms with Crippen LogP contribution in [0.3, 0.4) is 0 Å². The van der Waals surface area contributed by atoms with Crippen LogP contribution in [0.5, 0.6) is 0 Å². The number of thioether (sulfide) groups is 1. The summed E-state index contributed by atoms with van der Waals surface area (Å²) in [4.78, 5) is 4.03. The molecule has 1 aromatic carbocycles. The molecule has 0 amide bonds. The normalized spacial score (nSPS) is 11.2. The van der Waals surface area contributed by atoms with E-state index in [1.807, 2.05) is 31.2 Å². The summed E-state index contributed by atoms with van der Waals surface area (Å²) in [6.07, 6.45) is 2.97. The molecule has 0 aromatic heterocycles. The fraction of sp³-hybridized carbons (Fsp3) is 0.182. The van der Waals surface area contributed by atoms with Gasteiger partial charge in [0.05, 0.1) is 5.71 Å². The van der Waals surface area contributed by atoms with Crippen LogP contribution in [0, 0.1) is 17.7 Å². The van der Waals surface area contributed by atoms with Crippen molar-refractivity contribution in [3.63, 3.8) is 0 Å². The largest absolute Gasteiger partial charge is 0.306 e. The lowest BCUT2D eigenvalue weighted by atomic mass is 10.1. The van der Waals surface area contributed by atoms with E-state index < -0.39 is 0 Å². The lowest BCUT2D eigenvalue weighted by Crippen LogP contribution is -2.04. The second-order valence-corrected chi connectivity index (χ2v) is 3.81. The van der Waals surface area contributed by atoms with Gasteiger partial charge in [0.25, 0.3) is 0 Å². The maximum atomic E-state index is 7.43. The minimum Gasteiger partial charge on any atom is -0.306 e. The first kappa shape index (κ1) is 11.7. The van der Waals surface area contributed by atoms with Crippen LogP contribution in [0.15, 0.2) is 29.3 Å². The highest BCUT2D eigenvalue weighted by molar-refractivity contribution is 8.13. The molecule has 0 fully saturated rings. The Kier molecular flexibility index (Phi) is 4.24. The predicted octanol–water partition coefficient (Wildman–Crippen LogP) is 2.73. The van der Waals surface area contributed by atoms with Crippen LogP contribution in [0.2, 0.25) is 0 Å². The first-order chi connectivity index (χ1) is 7.17. The first-order valence-electron chi connectivity index (χ1n) is 4.46. The second kappa shape index (κ2) is 5.46. The van der Waals surface area contributed by atoms with Gasteiger partial charge < -0.3 is 5.41 Å². The van der Waals surface area contributed by atoms with Crippen LogP contribution in [-0.2, 0) is 0 Å². The van der Waals surface area contributed by atoms with E-state index in [-0.39, 0.29) is 5.17 Å². The zero-order chi connectivity index (χ0) is 11.3. The van der Waals surface area contributed by atoms with Crippen molar-refractivity contribution in [3.05, 3.63) is 35.4 Å². The molecule has 3 nitrogen and oxygen atoms in total. The molecule has 0 aliphatic rings. The molecule has 2 N–H and O–H groups in total. The zero-order valence-corrected chi connectivity index (χ0v) is 9.56. The molecular formula is C11H13N3S. The molecule has 1 aromatic rings.